The summed E-state index contributed by atoms with van der Waals surface area (Å²) < 4.78 is 0. The SMILES string of the molecule is CC1(C)CCC(O)(CNc2nc(N)nc(Cl)n2)CC1. The van der Waals surface area contributed by atoms with Crippen LogP contribution in [0.1, 0.15) is 39.5 Å². The number of nitrogens with one attached hydrogen (secondary N) is 1. The summed E-state index contributed by atoms with van der Waals surface area (Å²) in [5.41, 5.74) is 5.08. The highest BCUT2D eigenvalue weighted by Crippen LogP contribution is 2.40. The van der Waals surface area contributed by atoms with E-state index in [9.17, 15) is 5.11 Å². The number of aromatic nitrogens is 3. The van der Waals surface area contributed by atoms with E-state index < -0.39 is 5.60 Å². The molecule has 4 N–H and O–H groups in total. The van der Waals surface area contributed by atoms with Crippen LogP contribution in [0.25, 0.3) is 0 Å². The van der Waals surface area contributed by atoms with Gasteiger partial charge in [0.2, 0.25) is 17.2 Å². The molecule has 0 spiro atoms. The van der Waals surface area contributed by atoms with Gasteiger partial charge in [-0.15, -0.1) is 0 Å². The largest absolute Gasteiger partial charge is 0.388 e. The quantitative estimate of drug-likeness (QED) is 0.784. The van der Waals surface area contributed by atoms with Crippen LogP contribution in [-0.2, 0) is 0 Å². The molecule has 0 radical (unpaired) electrons. The average molecular weight is 286 g/mol. The Morgan fingerprint density at radius 2 is 1.84 bits per heavy atom. The van der Waals surface area contributed by atoms with Gasteiger partial charge in [-0.25, -0.2) is 0 Å². The molecule has 1 fully saturated rings. The summed E-state index contributed by atoms with van der Waals surface area (Å²) in [6.07, 6.45) is 3.54. The van der Waals surface area contributed by atoms with Crippen molar-refractivity contribution in [3.05, 3.63) is 5.28 Å². The van der Waals surface area contributed by atoms with E-state index in [1.165, 1.54) is 0 Å². The molecule has 1 heterocycles. The highest BCUT2D eigenvalue weighted by atomic mass is 35.5. The minimum Gasteiger partial charge on any atom is -0.388 e. The first-order valence-corrected chi connectivity index (χ1v) is 6.79. The lowest BCUT2D eigenvalue weighted by Crippen LogP contribution is -2.42. The zero-order valence-electron chi connectivity index (χ0n) is 11.3. The van der Waals surface area contributed by atoms with E-state index in [1.54, 1.807) is 0 Å². The van der Waals surface area contributed by atoms with Crippen LogP contribution in [0.4, 0.5) is 11.9 Å². The van der Waals surface area contributed by atoms with Crippen molar-refractivity contribution in [2.45, 2.75) is 45.1 Å². The van der Waals surface area contributed by atoms with Crippen molar-refractivity contribution in [2.24, 2.45) is 5.41 Å². The van der Waals surface area contributed by atoms with Crippen molar-refractivity contribution in [3.63, 3.8) is 0 Å². The Labute approximate surface area is 117 Å². The lowest BCUT2D eigenvalue weighted by atomic mass is 9.71. The Balaban J connectivity index is 1.95. The molecule has 0 aliphatic heterocycles. The summed E-state index contributed by atoms with van der Waals surface area (Å²) in [4.78, 5) is 11.5. The van der Waals surface area contributed by atoms with Crippen LogP contribution in [0.3, 0.4) is 0 Å². The molecule has 6 nitrogen and oxygen atoms in total. The van der Waals surface area contributed by atoms with Crippen molar-refractivity contribution < 1.29 is 5.11 Å². The molecular formula is C12H20ClN5O. The topological polar surface area (TPSA) is 97.0 Å². The Morgan fingerprint density at radius 3 is 2.42 bits per heavy atom. The number of hydrogen-bond donors (Lipinski definition) is 3. The van der Waals surface area contributed by atoms with Gasteiger partial charge in [0, 0.05) is 6.54 Å². The van der Waals surface area contributed by atoms with Gasteiger partial charge in [0.25, 0.3) is 0 Å². The second-order valence-electron chi connectivity index (χ2n) is 6.03. The Kier molecular flexibility index (Phi) is 3.82. The van der Waals surface area contributed by atoms with Crippen LogP contribution < -0.4 is 11.1 Å². The summed E-state index contributed by atoms with van der Waals surface area (Å²) in [5, 5.41) is 13.5. The number of nitrogen functional groups attached to an aromatic ring is 1. The summed E-state index contributed by atoms with van der Waals surface area (Å²) in [5.74, 6) is 0.370. The first kappa shape index (κ1) is 14.3. The predicted molar refractivity (Wildman–Crippen MR) is 74.9 cm³/mol. The third kappa shape index (κ3) is 3.91. The van der Waals surface area contributed by atoms with Crippen LogP contribution in [0.2, 0.25) is 5.28 Å². The number of anilines is 2. The van der Waals surface area contributed by atoms with E-state index in [0.29, 0.717) is 17.9 Å². The van der Waals surface area contributed by atoms with E-state index in [0.717, 1.165) is 25.7 Å². The van der Waals surface area contributed by atoms with E-state index in [-0.39, 0.29) is 11.2 Å². The van der Waals surface area contributed by atoms with Gasteiger partial charge in [0.05, 0.1) is 5.60 Å². The van der Waals surface area contributed by atoms with Gasteiger partial charge in [0.1, 0.15) is 0 Å². The third-order valence-corrected chi connectivity index (χ3v) is 3.90. The third-order valence-electron chi connectivity index (χ3n) is 3.74. The number of aliphatic hydroxyl groups is 1. The number of rotatable bonds is 3. The molecule has 1 saturated carbocycles. The van der Waals surface area contributed by atoms with Gasteiger partial charge in [-0.3, -0.25) is 0 Å². The van der Waals surface area contributed by atoms with Crippen LogP contribution in [0, 0.1) is 5.41 Å². The molecule has 1 aromatic heterocycles. The van der Waals surface area contributed by atoms with Gasteiger partial charge in [-0.05, 0) is 42.7 Å². The fraction of sp³-hybridized carbons (Fsp3) is 0.750. The molecule has 19 heavy (non-hydrogen) atoms. The Bertz CT molecular complexity index is 435. The molecule has 0 saturated heterocycles. The van der Waals surface area contributed by atoms with Crippen molar-refractivity contribution in [3.8, 4) is 0 Å². The molecular weight excluding hydrogens is 266 g/mol. The molecule has 106 valence electrons. The molecule has 7 heteroatoms. The molecule has 1 aliphatic carbocycles. The van der Waals surface area contributed by atoms with E-state index >= 15 is 0 Å². The maximum Gasteiger partial charge on any atom is 0.228 e. The van der Waals surface area contributed by atoms with Crippen LogP contribution >= 0.6 is 11.6 Å². The summed E-state index contributed by atoms with van der Waals surface area (Å²) in [7, 11) is 0. The molecule has 1 aromatic rings. The predicted octanol–water partition coefficient (Wildman–Crippen LogP) is 1.85. The van der Waals surface area contributed by atoms with Gasteiger partial charge >= 0.3 is 0 Å². The van der Waals surface area contributed by atoms with Crippen molar-refractivity contribution in [1.29, 1.82) is 0 Å². The fourth-order valence-corrected chi connectivity index (χ4v) is 2.42. The molecule has 0 unspecified atom stereocenters. The van der Waals surface area contributed by atoms with Crippen LogP contribution in [-0.4, -0.2) is 32.2 Å². The average Bonchev–Trinajstić information content (AvgIpc) is 2.30. The highest BCUT2D eigenvalue weighted by molar-refractivity contribution is 6.28. The molecule has 0 bridgehead atoms. The van der Waals surface area contributed by atoms with Crippen molar-refractivity contribution >= 4 is 23.5 Å². The maximum atomic E-state index is 10.5. The van der Waals surface area contributed by atoms with E-state index in [4.69, 9.17) is 17.3 Å². The highest BCUT2D eigenvalue weighted by Gasteiger charge is 2.36. The van der Waals surface area contributed by atoms with Crippen LogP contribution in [0.15, 0.2) is 0 Å². The summed E-state index contributed by atoms with van der Waals surface area (Å²) >= 11 is 5.70. The molecule has 0 atom stereocenters. The maximum absolute atomic E-state index is 10.5. The zero-order valence-corrected chi connectivity index (χ0v) is 12.0. The first-order chi connectivity index (χ1) is 8.78. The van der Waals surface area contributed by atoms with Gasteiger partial charge in [-0.1, -0.05) is 13.8 Å². The number of halogens is 1. The fourth-order valence-electron chi connectivity index (χ4n) is 2.26. The lowest BCUT2D eigenvalue weighted by Gasteiger charge is -2.40. The smallest absolute Gasteiger partial charge is 0.228 e. The molecule has 1 aliphatic rings. The number of nitrogens with two attached hydrogens (primary N) is 1. The van der Waals surface area contributed by atoms with E-state index in [1.807, 2.05) is 0 Å². The second-order valence-corrected chi connectivity index (χ2v) is 6.37. The minimum atomic E-state index is -0.719. The summed E-state index contributed by atoms with van der Waals surface area (Å²) in [6, 6.07) is 0. The Hall–Kier alpha value is -1.14. The van der Waals surface area contributed by atoms with Gasteiger partial charge in [-0.2, -0.15) is 15.0 Å². The normalized spacial score (nSPS) is 21.1. The summed E-state index contributed by atoms with van der Waals surface area (Å²) in [6.45, 7) is 4.85. The zero-order chi connectivity index (χ0) is 14.1. The number of nitrogens with zero attached hydrogens (tertiary/aromatic N) is 3. The number of hydrogen-bond acceptors (Lipinski definition) is 6. The lowest BCUT2D eigenvalue weighted by molar-refractivity contribution is -0.0146. The molecule has 2 rings (SSSR count). The first-order valence-electron chi connectivity index (χ1n) is 6.41. The van der Waals surface area contributed by atoms with Crippen molar-refractivity contribution in [1.82, 2.24) is 15.0 Å². The van der Waals surface area contributed by atoms with E-state index in [2.05, 4.69) is 34.1 Å². The second kappa shape index (κ2) is 5.09. The minimum absolute atomic E-state index is 0.0479. The van der Waals surface area contributed by atoms with Crippen molar-refractivity contribution in [2.75, 3.05) is 17.6 Å². The Morgan fingerprint density at radius 1 is 1.21 bits per heavy atom. The molecule has 0 amide bonds. The van der Waals surface area contributed by atoms with Crippen LogP contribution in [0.5, 0.6) is 0 Å². The monoisotopic (exact) mass is 285 g/mol. The van der Waals surface area contributed by atoms with Gasteiger partial charge in [0.15, 0.2) is 0 Å². The standard InChI is InChI=1S/C12H20ClN5O/c1-11(2)3-5-12(19,6-4-11)7-15-10-17-8(13)16-9(14)18-10/h19H,3-7H2,1-2H3,(H3,14,15,16,17,18). The molecule has 0 aromatic carbocycles. The van der Waals surface area contributed by atoms with Gasteiger partial charge < -0.3 is 16.2 Å².